The molecule has 0 fully saturated rings. The summed E-state index contributed by atoms with van der Waals surface area (Å²) in [6, 6.07) is 16.4. The molecule has 0 aliphatic heterocycles. The number of benzene rings is 3. The van der Waals surface area contributed by atoms with Gasteiger partial charge in [0.1, 0.15) is 12.6 Å². The van der Waals surface area contributed by atoms with E-state index in [1.165, 1.54) is 29.2 Å². The number of hydrogen-bond donors (Lipinski definition) is 1. The molecule has 2 atom stereocenters. The van der Waals surface area contributed by atoms with Gasteiger partial charge in [-0.05, 0) is 81.3 Å². The summed E-state index contributed by atoms with van der Waals surface area (Å²) >= 11 is 18.8. The molecule has 1 N–H and O–H groups in total. The lowest BCUT2D eigenvalue weighted by Crippen LogP contribution is -2.52. The van der Waals surface area contributed by atoms with Gasteiger partial charge in [0, 0.05) is 33.2 Å². The third-order valence-corrected chi connectivity index (χ3v) is 9.28. The molecule has 2 amide bonds. The second kappa shape index (κ2) is 13.7. The molecule has 214 valence electrons. The second-order valence-corrected chi connectivity index (χ2v) is 12.6. The third-order valence-electron chi connectivity index (χ3n) is 6.53. The van der Waals surface area contributed by atoms with Crippen molar-refractivity contribution in [1.82, 2.24) is 10.2 Å². The van der Waals surface area contributed by atoms with E-state index < -0.39 is 28.5 Å². The molecule has 0 radical (unpaired) electrons. The molecule has 0 heterocycles. The van der Waals surface area contributed by atoms with Gasteiger partial charge in [-0.3, -0.25) is 13.9 Å². The van der Waals surface area contributed by atoms with E-state index in [1.807, 2.05) is 26.8 Å². The summed E-state index contributed by atoms with van der Waals surface area (Å²) in [5, 5.41) is 3.91. The van der Waals surface area contributed by atoms with E-state index in [0.717, 1.165) is 9.87 Å². The van der Waals surface area contributed by atoms with Gasteiger partial charge in [-0.25, -0.2) is 8.42 Å². The van der Waals surface area contributed by atoms with Crippen LogP contribution in [0.3, 0.4) is 0 Å². The number of nitrogens with one attached hydrogen (secondary N) is 1. The van der Waals surface area contributed by atoms with Crippen LogP contribution in [0.1, 0.15) is 38.3 Å². The number of aryl methyl sites for hydroxylation is 1. The van der Waals surface area contributed by atoms with Gasteiger partial charge in [-0.1, -0.05) is 59.9 Å². The molecule has 0 aromatic heterocycles. The molecular weight excluding hydrogens is 593 g/mol. The molecule has 0 aliphatic carbocycles. The number of hydrogen-bond acceptors (Lipinski definition) is 4. The number of nitrogens with zero attached hydrogens (tertiary/aromatic N) is 2. The molecule has 3 rings (SSSR count). The average Bonchev–Trinajstić information content (AvgIpc) is 2.91. The van der Waals surface area contributed by atoms with Crippen LogP contribution in [0.5, 0.6) is 0 Å². The fraction of sp³-hybridized carbons (Fsp3) is 0.310. The molecule has 40 heavy (non-hydrogen) atoms. The molecule has 0 bridgehead atoms. The first-order chi connectivity index (χ1) is 18.8. The molecule has 0 saturated carbocycles. The Hall–Kier alpha value is -2.78. The van der Waals surface area contributed by atoms with Crippen molar-refractivity contribution in [3.8, 4) is 0 Å². The minimum absolute atomic E-state index is 0.0329. The van der Waals surface area contributed by atoms with Crippen LogP contribution >= 0.6 is 34.8 Å². The molecule has 3 aromatic carbocycles. The summed E-state index contributed by atoms with van der Waals surface area (Å²) in [6.07, 6.45) is 0.698. The Bertz CT molecular complexity index is 1450. The molecule has 0 saturated heterocycles. The Labute approximate surface area is 251 Å². The third kappa shape index (κ3) is 7.69. The zero-order valence-electron chi connectivity index (χ0n) is 22.7. The molecule has 0 aliphatic rings. The van der Waals surface area contributed by atoms with Crippen molar-refractivity contribution in [2.24, 2.45) is 0 Å². The smallest absolute Gasteiger partial charge is 0.264 e. The maximum atomic E-state index is 14.0. The highest BCUT2D eigenvalue weighted by atomic mass is 35.5. The summed E-state index contributed by atoms with van der Waals surface area (Å²) in [4.78, 5) is 28.4. The molecule has 0 spiro atoms. The number of anilines is 1. The largest absolute Gasteiger partial charge is 0.352 e. The number of carbonyl (C=O) groups excluding carboxylic acids is 2. The SMILES string of the molecule is CC[C@@H](C)NC(=O)[C@@H](C)N(Cc1c(Cl)cccc1Cl)C(=O)CN(c1cccc(C)c1)S(=O)(=O)c1ccc(Cl)cc1. The van der Waals surface area contributed by atoms with Gasteiger partial charge in [0.2, 0.25) is 11.8 Å². The van der Waals surface area contributed by atoms with Crippen LogP contribution in [0.25, 0.3) is 0 Å². The Kier molecular flexibility index (Phi) is 10.9. The van der Waals surface area contributed by atoms with E-state index >= 15 is 0 Å². The zero-order valence-corrected chi connectivity index (χ0v) is 25.8. The normalized spacial score (nSPS) is 12.9. The van der Waals surface area contributed by atoms with Gasteiger partial charge in [0.15, 0.2) is 0 Å². The predicted octanol–water partition coefficient (Wildman–Crippen LogP) is 6.48. The van der Waals surface area contributed by atoms with Gasteiger partial charge < -0.3 is 10.2 Å². The van der Waals surface area contributed by atoms with Gasteiger partial charge in [-0.15, -0.1) is 0 Å². The van der Waals surface area contributed by atoms with E-state index in [9.17, 15) is 18.0 Å². The van der Waals surface area contributed by atoms with Crippen molar-refractivity contribution < 1.29 is 18.0 Å². The van der Waals surface area contributed by atoms with Gasteiger partial charge >= 0.3 is 0 Å². The molecular formula is C29H32Cl3N3O4S. The van der Waals surface area contributed by atoms with Crippen LogP contribution in [0.2, 0.25) is 15.1 Å². The number of amides is 2. The highest BCUT2D eigenvalue weighted by Gasteiger charge is 2.33. The van der Waals surface area contributed by atoms with Gasteiger partial charge in [0.05, 0.1) is 10.6 Å². The van der Waals surface area contributed by atoms with Crippen molar-refractivity contribution in [3.63, 3.8) is 0 Å². The average molecular weight is 625 g/mol. The van der Waals surface area contributed by atoms with Crippen LogP contribution < -0.4 is 9.62 Å². The Morgan fingerprint density at radius 2 is 1.52 bits per heavy atom. The first kappa shape index (κ1) is 31.7. The Morgan fingerprint density at radius 3 is 2.10 bits per heavy atom. The van der Waals surface area contributed by atoms with E-state index in [-0.39, 0.29) is 23.4 Å². The minimum Gasteiger partial charge on any atom is -0.352 e. The molecule has 3 aromatic rings. The first-order valence-electron chi connectivity index (χ1n) is 12.7. The van der Waals surface area contributed by atoms with Crippen LogP contribution in [0.4, 0.5) is 5.69 Å². The zero-order chi connectivity index (χ0) is 29.6. The Balaban J connectivity index is 2.07. The van der Waals surface area contributed by atoms with E-state index in [4.69, 9.17) is 34.8 Å². The molecule has 7 nitrogen and oxygen atoms in total. The number of sulfonamides is 1. The van der Waals surface area contributed by atoms with E-state index in [0.29, 0.717) is 32.7 Å². The Morgan fingerprint density at radius 1 is 0.925 bits per heavy atom. The van der Waals surface area contributed by atoms with E-state index in [1.54, 1.807) is 43.3 Å². The highest BCUT2D eigenvalue weighted by molar-refractivity contribution is 7.92. The maximum absolute atomic E-state index is 14.0. The van der Waals surface area contributed by atoms with Crippen molar-refractivity contribution in [3.05, 3.63) is 92.9 Å². The monoisotopic (exact) mass is 623 g/mol. The molecule has 11 heteroatoms. The van der Waals surface area contributed by atoms with Crippen molar-refractivity contribution in [1.29, 1.82) is 0 Å². The van der Waals surface area contributed by atoms with Crippen molar-refractivity contribution in [2.45, 2.75) is 57.6 Å². The fourth-order valence-electron chi connectivity index (χ4n) is 3.95. The molecule has 0 unspecified atom stereocenters. The first-order valence-corrected chi connectivity index (χ1v) is 15.3. The topological polar surface area (TPSA) is 86.8 Å². The van der Waals surface area contributed by atoms with Crippen molar-refractivity contribution >= 4 is 62.3 Å². The lowest BCUT2D eigenvalue weighted by molar-refractivity contribution is -0.139. The summed E-state index contributed by atoms with van der Waals surface area (Å²) in [7, 11) is -4.20. The van der Waals surface area contributed by atoms with Crippen LogP contribution in [0, 0.1) is 6.92 Å². The van der Waals surface area contributed by atoms with Crippen LogP contribution in [0.15, 0.2) is 71.6 Å². The lowest BCUT2D eigenvalue weighted by Gasteiger charge is -2.33. The van der Waals surface area contributed by atoms with Gasteiger partial charge in [-0.2, -0.15) is 0 Å². The quantitative estimate of drug-likeness (QED) is 0.265. The summed E-state index contributed by atoms with van der Waals surface area (Å²) in [5.41, 5.74) is 1.56. The fourth-order valence-corrected chi connectivity index (χ4v) is 6.00. The summed E-state index contributed by atoms with van der Waals surface area (Å²) < 4.78 is 28.8. The second-order valence-electron chi connectivity index (χ2n) is 9.52. The lowest BCUT2D eigenvalue weighted by atomic mass is 10.1. The maximum Gasteiger partial charge on any atom is 0.264 e. The minimum atomic E-state index is -4.20. The summed E-state index contributed by atoms with van der Waals surface area (Å²) in [6.45, 7) is 6.53. The number of halogens is 3. The predicted molar refractivity (Wildman–Crippen MR) is 162 cm³/mol. The van der Waals surface area contributed by atoms with Gasteiger partial charge in [0.25, 0.3) is 10.0 Å². The number of carbonyl (C=O) groups is 2. The standard InChI is InChI=1S/C29H32Cl3N3O4S/c1-5-20(3)33-29(37)21(4)34(17-25-26(31)10-7-11-27(25)32)28(36)18-35(23-9-6-8-19(2)16-23)40(38,39)24-14-12-22(30)13-15-24/h6-16,20-21H,5,17-18H2,1-4H3,(H,33,37)/t20-,21-/m1/s1. The van der Waals surface area contributed by atoms with Crippen LogP contribution in [-0.2, 0) is 26.2 Å². The highest BCUT2D eigenvalue weighted by Crippen LogP contribution is 2.29. The van der Waals surface area contributed by atoms with Crippen LogP contribution in [-0.4, -0.2) is 43.8 Å². The number of rotatable bonds is 11. The summed E-state index contributed by atoms with van der Waals surface area (Å²) in [5.74, 6) is -0.990. The van der Waals surface area contributed by atoms with E-state index in [2.05, 4.69) is 5.32 Å². The van der Waals surface area contributed by atoms with Crippen molar-refractivity contribution in [2.75, 3.05) is 10.8 Å².